The summed E-state index contributed by atoms with van der Waals surface area (Å²) < 4.78 is 38.0. The van der Waals surface area contributed by atoms with Crippen molar-refractivity contribution >= 4 is 15.9 Å². The number of benzene rings is 2. The smallest absolute Gasteiger partial charge is 0.235 e. The zero-order valence-corrected chi connectivity index (χ0v) is 15.7. The fourth-order valence-electron chi connectivity index (χ4n) is 2.40. The van der Waals surface area contributed by atoms with Gasteiger partial charge in [-0.2, -0.15) is 4.31 Å². The Morgan fingerprint density at radius 1 is 1.04 bits per heavy atom. The second-order valence-corrected chi connectivity index (χ2v) is 8.23. The Bertz CT molecular complexity index is 834. The molecule has 26 heavy (non-hydrogen) atoms. The minimum absolute atomic E-state index is 0.143. The third-order valence-corrected chi connectivity index (χ3v) is 5.11. The van der Waals surface area contributed by atoms with Crippen LogP contribution in [0.15, 0.2) is 48.5 Å². The van der Waals surface area contributed by atoms with Crippen LogP contribution in [0.1, 0.15) is 16.7 Å². The van der Waals surface area contributed by atoms with E-state index >= 15 is 0 Å². The van der Waals surface area contributed by atoms with Gasteiger partial charge in [-0.1, -0.05) is 42.0 Å². The van der Waals surface area contributed by atoms with Crippen LogP contribution in [0, 0.1) is 12.7 Å². The van der Waals surface area contributed by atoms with Crippen molar-refractivity contribution in [2.75, 3.05) is 19.3 Å². The van der Waals surface area contributed by atoms with Crippen LogP contribution in [0.5, 0.6) is 0 Å². The van der Waals surface area contributed by atoms with Gasteiger partial charge in [-0.05, 0) is 36.6 Å². The first kappa shape index (κ1) is 20.1. The Kier molecular flexibility index (Phi) is 6.88. The quantitative estimate of drug-likeness (QED) is 0.766. The number of hydrogen-bond acceptors (Lipinski definition) is 3. The number of sulfonamides is 1. The largest absolute Gasteiger partial charge is 0.355 e. The van der Waals surface area contributed by atoms with E-state index in [1.165, 1.54) is 12.1 Å². The topological polar surface area (TPSA) is 66.5 Å². The molecule has 1 amide bonds. The van der Waals surface area contributed by atoms with Crippen molar-refractivity contribution < 1.29 is 17.6 Å². The predicted octanol–water partition coefficient (Wildman–Crippen LogP) is 2.25. The molecule has 5 nitrogen and oxygen atoms in total. The molecule has 140 valence electrons. The summed E-state index contributed by atoms with van der Waals surface area (Å²) in [6, 6.07) is 13.5. The highest BCUT2D eigenvalue weighted by molar-refractivity contribution is 7.88. The average Bonchev–Trinajstić information content (AvgIpc) is 2.57. The summed E-state index contributed by atoms with van der Waals surface area (Å²) in [7, 11) is -3.52. The van der Waals surface area contributed by atoms with Crippen LogP contribution in [0.25, 0.3) is 0 Å². The first-order valence-corrected chi connectivity index (χ1v) is 10.1. The summed E-state index contributed by atoms with van der Waals surface area (Å²) in [4.78, 5) is 12.1. The summed E-state index contributed by atoms with van der Waals surface area (Å²) in [5.41, 5.74) is 2.80. The lowest BCUT2D eigenvalue weighted by atomic mass is 10.1. The van der Waals surface area contributed by atoms with Gasteiger partial charge in [0.05, 0.1) is 12.8 Å². The molecule has 2 rings (SSSR count). The maximum Gasteiger partial charge on any atom is 0.235 e. The summed E-state index contributed by atoms with van der Waals surface area (Å²) in [5, 5.41) is 2.70. The lowest BCUT2D eigenvalue weighted by Gasteiger charge is -2.19. The third-order valence-electron chi connectivity index (χ3n) is 3.92. The monoisotopic (exact) mass is 378 g/mol. The third kappa shape index (κ3) is 6.57. The van der Waals surface area contributed by atoms with Crippen LogP contribution in [0.2, 0.25) is 0 Å². The maximum absolute atomic E-state index is 12.9. The molecule has 0 aliphatic carbocycles. The average molecular weight is 378 g/mol. The molecule has 7 heteroatoms. The number of halogens is 1. The molecule has 0 aromatic heterocycles. The molecule has 0 bridgehead atoms. The number of carbonyl (C=O) groups excluding carboxylic acids is 1. The Labute approximate surface area is 153 Å². The van der Waals surface area contributed by atoms with Gasteiger partial charge in [0, 0.05) is 13.1 Å². The number of carbonyl (C=O) groups is 1. The van der Waals surface area contributed by atoms with Crippen LogP contribution in [0.3, 0.4) is 0 Å². The summed E-state index contributed by atoms with van der Waals surface area (Å²) >= 11 is 0. The van der Waals surface area contributed by atoms with Crippen LogP contribution in [-0.4, -0.2) is 38.0 Å². The van der Waals surface area contributed by atoms with Crippen molar-refractivity contribution in [2.45, 2.75) is 19.9 Å². The van der Waals surface area contributed by atoms with Gasteiger partial charge in [0.25, 0.3) is 0 Å². The predicted molar refractivity (Wildman–Crippen MR) is 99.5 cm³/mol. The first-order chi connectivity index (χ1) is 12.2. The Morgan fingerprint density at radius 3 is 2.19 bits per heavy atom. The molecule has 2 aromatic rings. The molecule has 0 heterocycles. The summed E-state index contributed by atoms with van der Waals surface area (Å²) in [6.07, 6.45) is 1.63. The molecule has 0 aliphatic heterocycles. The van der Waals surface area contributed by atoms with Crippen molar-refractivity contribution in [3.63, 3.8) is 0 Å². The molecule has 0 unspecified atom stereocenters. The Hall–Kier alpha value is -2.25. The van der Waals surface area contributed by atoms with Gasteiger partial charge in [0.1, 0.15) is 5.82 Å². The normalized spacial score (nSPS) is 11.5. The molecule has 2 aromatic carbocycles. The molecule has 1 N–H and O–H groups in total. The van der Waals surface area contributed by atoms with Gasteiger partial charge >= 0.3 is 0 Å². The highest BCUT2D eigenvalue weighted by Gasteiger charge is 2.20. The maximum atomic E-state index is 12.9. The fraction of sp³-hybridized carbons (Fsp3) is 0.316. The number of aryl methyl sites for hydroxylation is 1. The van der Waals surface area contributed by atoms with Crippen LogP contribution < -0.4 is 5.32 Å². The van der Waals surface area contributed by atoms with Crippen LogP contribution in [0.4, 0.5) is 4.39 Å². The van der Waals surface area contributed by atoms with E-state index in [1.54, 1.807) is 12.1 Å². The van der Waals surface area contributed by atoms with E-state index in [9.17, 15) is 17.6 Å². The fourth-order valence-corrected chi connectivity index (χ4v) is 3.14. The second kappa shape index (κ2) is 8.91. The van der Waals surface area contributed by atoms with Gasteiger partial charge in [0.15, 0.2) is 0 Å². The van der Waals surface area contributed by atoms with Crippen molar-refractivity contribution in [1.29, 1.82) is 0 Å². The lowest BCUT2D eigenvalue weighted by molar-refractivity contribution is -0.121. The Morgan fingerprint density at radius 2 is 1.62 bits per heavy atom. The molecule has 0 fully saturated rings. The van der Waals surface area contributed by atoms with Crippen molar-refractivity contribution in [3.8, 4) is 0 Å². The van der Waals surface area contributed by atoms with Gasteiger partial charge in [-0.15, -0.1) is 0 Å². The number of nitrogens with one attached hydrogen (secondary N) is 1. The molecule has 0 spiro atoms. The number of hydrogen-bond donors (Lipinski definition) is 1. The van der Waals surface area contributed by atoms with E-state index in [4.69, 9.17) is 0 Å². The zero-order chi connectivity index (χ0) is 19.2. The SMILES string of the molecule is Cc1ccc(CN(CC(=O)NCCc2ccc(F)cc2)S(C)(=O)=O)cc1. The number of rotatable bonds is 8. The van der Waals surface area contributed by atoms with Crippen molar-refractivity contribution in [2.24, 2.45) is 0 Å². The standard InChI is InChI=1S/C19H23FN2O3S/c1-15-3-5-17(6-4-15)13-22(26(2,24)25)14-19(23)21-12-11-16-7-9-18(20)10-8-16/h3-10H,11-14H2,1-2H3,(H,21,23). The summed E-state index contributed by atoms with van der Waals surface area (Å²) in [6.45, 7) is 2.21. The van der Waals surface area contributed by atoms with Crippen molar-refractivity contribution in [3.05, 3.63) is 71.0 Å². The molecule has 0 radical (unpaired) electrons. The lowest BCUT2D eigenvalue weighted by Crippen LogP contribution is -2.40. The molecule has 0 saturated heterocycles. The van der Waals surface area contributed by atoms with E-state index < -0.39 is 10.0 Å². The van der Waals surface area contributed by atoms with E-state index in [2.05, 4.69) is 5.32 Å². The molecular weight excluding hydrogens is 355 g/mol. The van der Waals surface area contributed by atoms with Gasteiger partial charge in [0.2, 0.25) is 15.9 Å². The van der Waals surface area contributed by atoms with E-state index in [-0.39, 0.29) is 24.8 Å². The van der Waals surface area contributed by atoms with E-state index in [0.717, 1.165) is 27.3 Å². The minimum Gasteiger partial charge on any atom is -0.355 e. The number of amides is 1. The summed E-state index contributed by atoms with van der Waals surface area (Å²) in [5.74, 6) is -0.678. The van der Waals surface area contributed by atoms with Gasteiger partial charge in [-0.3, -0.25) is 4.79 Å². The molecule has 0 atom stereocenters. The molecule has 0 aliphatic rings. The zero-order valence-electron chi connectivity index (χ0n) is 14.9. The van der Waals surface area contributed by atoms with Gasteiger partial charge in [-0.25, -0.2) is 12.8 Å². The van der Waals surface area contributed by atoms with E-state index in [0.29, 0.717) is 13.0 Å². The first-order valence-electron chi connectivity index (χ1n) is 8.26. The Balaban J connectivity index is 1.89. The highest BCUT2D eigenvalue weighted by atomic mass is 32.2. The minimum atomic E-state index is -3.52. The van der Waals surface area contributed by atoms with E-state index in [1.807, 2.05) is 31.2 Å². The molecule has 0 saturated carbocycles. The highest BCUT2D eigenvalue weighted by Crippen LogP contribution is 2.10. The van der Waals surface area contributed by atoms with Crippen LogP contribution >= 0.6 is 0 Å². The van der Waals surface area contributed by atoms with Crippen molar-refractivity contribution in [1.82, 2.24) is 9.62 Å². The molecular formula is C19H23FN2O3S. The second-order valence-electron chi connectivity index (χ2n) is 6.24. The van der Waals surface area contributed by atoms with Crippen LogP contribution in [-0.2, 0) is 27.8 Å². The van der Waals surface area contributed by atoms with Gasteiger partial charge < -0.3 is 5.32 Å². The number of nitrogens with zero attached hydrogens (tertiary/aromatic N) is 1.